The van der Waals surface area contributed by atoms with Crippen LogP contribution in [-0.2, 0) is 9.59 Å². The van der Waals surface area contributed by atoms with Gasteiger partial charge in [0.05, 0.1) is 0 Å². The van der Waals surface area contributed by atoms with Gasteiger partial charge in [-0.15, -0.1) is 0 Å². The molecule has 2 aliphatic rings. The molecule has 0 bridgehead atoms. The van der Waals surface area contributed by atoms with Crippen molar-refractivity contribution in [3.05, 3.63) is 77.0 Å². The smallest absolute Gasteiger partial charge is 0.352 e. The topological polar surface area (TPSA) is 95.5 Å². The van der Waals surface area contributed by atoms with Gasteiger partial charge in [-0.1, -0.05) is 55.0 Å². The van der Waals surface area contributed by atoms with E-state index in [0.29, 0.717) is 0 Å². The Kier molecular flexibility index (Phi) is 5.40. The number of likely N-dealkylation sites (N-methyl/N-ethyl adjacent to an activating group) is 1. The third kappa shape index (κ3) is 3.38. The Hall–Kier alpha value is -3.41. The largest absolute Gasteiger partial charge is 0.477 e. The Morgan fingerprint density at radius 3 is 2.40 bits per heavy atom. The molecule has 1 aliphatic heterocycles. The molecule has 0 amide bonds. The Morgan fingerprint density at radius 2 is 1.70 bits per heavy atom. The molecule has 0 aromatic heterocycles. The van der Waals surface area contributed by atoms with Crippen LogP contribution in [0, 0.1) is 5.92 Å². The monoisotopic (exact) mass is 404 g/mol. The zero-order chi connectivity index (χ0) is 21.3. The number of Topliss-reactive ketones (excluding diaryl/α,β-unsaturated/α-hetero) is 2. The molecule has 30 heavy (non-hydrogen) atoms. The Labute approximate surface area is 175 Å². The van der Waals surface area contributed by atoms with Crippen LogP contribution >= 0.6 is 0 Å². The van der Waals surface area contributed by atoms with Gasteiger partial charge < -0.3 is 15.7 Å². The normalized spacial score (nSPS) is 22.8. The van der Waals surface area contributed by atoms with Crippen LogP contribution in [0.3, 0.4) is 0 Å². The molecule has 1 fully saturated rings. The number of hydrogen-bond acceptors (Lipinski definition) is 5. The lowest BCUT2D eigenvalue weighted by atomic mass is 9.72. The van der Waals surface area contributed by atoms with E-state index in [1.54, 1.807) is 30.3 Å². The van der Waals surface area contributed by atoms with Gasteiger partial charge in [-0.05, 0) is 30.4 Å². The van der Waals surface area contributed by atoms with E-state index in [1.165, 1.54) is 7.05 Å². The fourth-order valence-corrected chi connectivity index (χ4v) is 4.88. The van der Waals surface area contributed by atoms with Crippen LogP contribution in [0.2, 0.25) is 0 Å². The maximum absolute atomic E-state index is 13.5. The predicted molar refractivity (Wildman–Crippen MR) is 113 cm³/mol. The zero-order valence-corrected chi connectivity index (χ0v) is 16.7. The number of anilines is 1. The Morgan fingerprint density at radius 1 is 1.00 bits per heavy atom. The maximum Gasteiger partial charge on any atom is 0.352 e. The number of carboxylic acid groups (broad SMARTS) is 1. The van der Waals surface area contributed by atoms with E-state index >= 15 is 0 Å². The lowest BCUT2D eigenvalue weighted by Gasteiger charge is -2.38. The van der Waals surface area contributed by atoms with Crippen molar-refractivity contribution in [3.63, 3.8) is 0 Å². The van der Waals surface area contributed by atoms with Gasteiger partial charge in [-0.2, -0.15) is 0 Å². The molecule has 6 heteroatoms. The molecule has 3 N–H and O–H groups in total. The summed E-state index contributed by atoms with van der Waals surface area (Å²) in [6.45, 7) is 0. The number of allylic oxidation sites excluding steroid dienone is 1. The zero-order valence-electron chi connectivity index (χ0n) is 16.7. The number of para-hydroxylation sites is 1. The molecule has 4 rings (SSSR count). The summed E-state index contributed by atoms with van der Waals surface area (Å²) >= 11 is 0. The number of rotatable bonds is 6. The van der Waals surface area contributed by atoms with Gasteiger partial charge in [0.2, 0.25) is 11.6 Å². The minimum atomic E-state index is -1.24. The highest BCUT2D eigenvalue weighted by atomic mass is 16.4. The molecule has 2 aromatic carbocycles. The molecule has 0 spiro atoms. The standard InChI is InChI=1S/C24H24N2O4/c1-25-21(24(29)30)20(23(28)22(27)14-8-3-2-4-9-14)19-15-10-5-6-12-17(15)26-18-13-7-11-16(18)19/h2-6,8-10,12,16,18-19,25-26H,7,11,13H2,1H3,(H,29,30)/t16-,18+,19?/m0/s1. The summed E-state index contributed by atoms with van der Waals surface area (Å²) in [5.74, 6) is -3.11. The number of aliphatic carboxylic acids is 1. The number of fused-ring (bicyclic) bond motifs is 2. The Balaban J connectivity index is 1.90. The molecule has 1 unspecified atom stereocenters. The van der Waals surface area contributed by atoms with Crippen LogP contribution in [0.25, 0.3) is 0 Å². The van der Waals surface area contributed by atoms with Crippen molar-refractivity contribution >= 4 is 23.2 Å². The van der Waals surface area contributed by atoms with E-state index in [4.69, 9.17) is 0 Å². The van der Waals surface area contributed by atoms with E-state index in [1.807, 2.05) is 24.3 Å². The summed E-state index contributed by atoms with van der Waals surface area (Å²) in [6.07, 6.45) is 2.80. The van der Waals surface area contributed by atoms with Gasteiger partial charge in [0, 0.05) is 35.8 Å². The molecule has 0 saturated heterocycles. The van der Waals surface area contributed by atoms with Crippen molar-refractivity contribution in [3.8, 4) is 0 Å². The van der Waals surface area contributed by atoms with Gasteiger partial charge in [-0.25, -0.2) is 4.79 Å². The summed E-state index contributed by atoms with van der Waals surface area (Å²) in [7, 11) is 1.48. The first-order chi connectivity index (χ1) is 14.5. The van der Waals surface area contributed by atoms with E-state index in [2.05, 4.69) is 10.6 Å². The summed E-state index contributed by atoms with van der Waals surface area (Å²) in [6, 6.07) is 16.1. The lowest BCUT2D eigenvalue weighted by molar-refractivity contribution is -0.133. The molecule has 6 nitrogen and oxygen atoms in total. The first-order valence-electron chi connectivity index (χ1n) is 10.2. The third-order valence-corrected chi connectivity index (χ3v) is 6.17. The minimum absolute atomic E-state index is 0.0460. The molecule has 154 valence electrons. The van der Waals surface area contributed by atoms with Crippen LogP contribution in [0.15, 0.2) is 65.9 Å². The van der Waals surface area contributed by atoms with Gasteiger partial charge >= 0.3 is 5.97 Å². The molecule has 1 heterocycles. The number of nitrogens with one attached hydrogen (secondary N) is 2. The molecule has 3 atom stereocenters. The number of carbonyl (C=O) groups excluding carboxylic acids is 2. The summed E-state index contributed by atoms with van der Waals surface area (Å²) < 4.78 is 0. The second-order valence-corrected chi connectivity index (χ2v) is 7.78. The average molecular weight is 404 g/mol. The second kappa shape index (κ2) is 8.14. The van der Waals surface area contributed by atoms with Crippen LogP contribution in [0.5, 0.6) is 0 Å². The third-order valence-electron chi connectivity index (χ3n) is 6.17. The number of carbonyl (C=O) groups is 3. The summed E-state index contributed by atoms with van der Waals surface area (Å²) in [4.78, 5) is 38.7. The summed E-state index contributed by atoms with van der Waals surface area (Å²) in [5.41, 5.74) is 1.84. The van der Waals surface area contributed by atoms with Crippen LogP contribution in [0.4, 0.5) is 5.69 Å². The maximum atomic E-state index is 13.5. The SMILES string of the molecule is CNC(C(=O)O)=C(C(=O)C(=O)c1ccccc1)C1c2ccccc2N[C@@H]2CCC[C@H]12. The molecular formula is C24H24N2O4. The van der Waals surface area contributed by atoms with Crippen molar-refractivity contribution in [2.45, 2.75) is 31.2 Å². The van der Waals surface area contributed by atoms with Crippen LogP contribution in [-0.4, -0.2) is 35.7 Å². The first-order valence-corrected chi connectivity index (χ1v) is 10.2. The minimum Gasteiger partial charge on any atom is -0.477 e. The second-order valence-electron chi connectivity index (χ2n) is 7.78. The van der Waals surface area contributed by atoms with Gasteiger partial charge in [0.1, 0.15) is 5.70 Å². The summed E-state index contributed by atoms with van der Waals surface area (Å²) in [5, 5.41) is 16.1. The quantitative estimate of drug-likeness (QED) is 0.388. The fraction of sp³-hybridized carbons (Fsp3) is 0.292. The number of benzene rings is 2. The highest BCUT2D eigenvalue weighted by Crippen LogP contribution is 2.49. The van der Waals surface area contributed by atoms with Gasteiger partial charge in [0.15, 0.2) is 0 Å². The first kappa shape index (κ1) is 19.9. The Bertz CT molecular complexity index is 1030. The lowest BCUT2D eigenvalue weighted by Crippen LogP contribution is -2.39. The molecule has 0 radical (unpaired) electrons. The van der Waals surface area contributed by atoms with E-state index < -0.39 is 23.5 Å². The van der Waals surface area contributed by atoms with Crippen LogP contribution in [0.1, 0.15) is 41.1 Å². The molecule has 2 aromatic rings. The van der Waals surface area contributed by atoms with Crippen molar-refractivity contribution < 1.29 is 19.5 Å². The van der Waals surface area contributed by atoms with Crippen molar-refractivity contribution in [2.75, 3.05) is 12.4 Å². The van der Waals surface area contributed by atoms with Crippen LogP contribution < -0.4 is 10.6 Å². The van der Waals surface area contributed by atoms with Crippen molar-refractivity contribution in [2.24, 2.45) is 5.92 Å². The molecule has 1 aliphatic carbocycles. The molecule has 1 saturated carbocycles. The molecular weight excluding hydrogens is 380 g/mol. The van der Waals surface area contributed by atoms with Gasteiger partial charge in [0.25, 0.3) is 0 Å². The fourth-order valence-electron chi connectivity index (χ4n) is 4.88. The van der Waals surface area contributed by atoms with Crippen molar-refractivity contribution in [1.29, 1.82) is 0 Å². The van der Waals surface area contributed by atoms with E-state index in [0.717, 1.165) is 30.5 Å². The average Bonchev–Trinajstić information content (AvgIpc) is 3.23. The highest BCUT2D eigenvalue weighted by Gasteiger charge is 2.45. The van der Waals surface area contributed by atoms with Crippen molar-refractivity contribution in [1.82, 2.24) is 5.32 Å². The number of ketones is 2. The predicted octanol–water partition coefficient (Wildman–Crippen LogP) is 3.37. The van der Waals surface area contributed by atoms with E-state index in [9.17, 15) is 19.5 Å². The highest BCUT2D eigenvalue weighted by molar-refractivity contribution is 6.50. The van der Waals surface area contributed by atoms with Gasteiger partial charge in [-0.3, -0.25) is 9.59 Å². The number of hydrogen-bond donors (Lipinski definition) is 3. The number of carboxylic acids is 1. The van der Waals surface area contributed by atoms with E-state index in [-0.39, 0.29) is 28.8 Å².